The summed E-state index contributed by atoms with van der Waals surface area (Å²) >= 11 is 0. The van der Waals surface area contributed by atoms with Crippen LogP contribution in [0.1, 0.15) is 45.4 Å². The first kappa shape index (κ1) is 18.4. The zero-order valence-electron chi connectivity index (χ0n) is 19.4. The Morgan fingerprint density at radius 1 is 0.839 bits per heavy atom. The first-order valence-corrected chi connectivity index (χ1v) is 13.3. The number of likely N-dealkylation sites (tertiary alicyclic amines) is 1. The van der Waals surface area contributed by atoms with Gasteiger partial charge >= 0.3 is 0 Å². The molecule has 0 aromatic carbocycles. The summed E-state index contributed by atoms with van der Waals surface area (Å²) in [6.07, 6.45) is 12.0. The molecule has 0 aromatic heterocycles. The van der Waals surface area contributed by atoms with E-state index in [0.717, 1.165) is 48.0 Å². The molecule has 4 aliphatic carbocycles. The van der Waals surface area contributed by atoms with Crippen LogP contribution in [0, 0.1) is 47.3 Å². The van der Waals surface area contributed by atoms with E-state index in [9.17, 15) is 0 Å². The van der Waals surface area contributed by atoms with Gasteiger partial charge in [0, 0.05) is 37.8 Å². The van der Waals surface area contributed by atoms with Gasteiger partial charge < -0.3 is 19.3 Å². The molecule has 2 saturated heterocycles. The lowest BCUT2D eigenvalue weighted by atomic mass is 9.40. The Morgan fingerprint density at radius 2 is 1.68 bits per heavy atom. The molecule has 4 heterocycles. The van der Waals surface area contributed by atoms with Gasteiger partial charge in [-0.25, -0.2) is 0 Å². The minimum Gasteiger partial charge on any atom is -0.492 e. The lowest BCUT2D eigenvalue weighted by Crippen LogP contribution is -2.71. The Hall–Kier alpha value is -1.00. The third-order valence-electron chi connectivity index (χ3n) is 11.3. The third kappa shape index (κ3) is 2.16. The van der Waals surface area contributed by atoms with Gasteiger partial charge in [0.1, 0.15) is 11.9 Å². The number of hydrogen-bond donors (Lipinski definition) is 0. The van der Waals surface area contributed by atoms with Gasteiger partial charge in [0.25, 0.3) is 0 Å². The van der Waals surface area contributed by atoms with Crippen LogP contribution in [0.3, 0.4) is 0 Å². The van der Waals surface area contributed by atoms with E-state index in [2.05, 4.69) is 37.0 Å². The average molecular weight is 423 g/mol. The zero-order chi connectivity index (χ0) is 20.6. The van der Waals surface area contributed by atoms with Gasteiger partial charge in [-0.05, 0) is 93.1 Å². The Morgan fingerprint density at radius 3 is 2.58 bits per heavy atom. The molecule has 4 nitrogen and oxygen atoms in total. The quantitative estimate of drug-likeness (QED) is 0.591. The normalized spacial score (nSPS) is 56.5. The molecule has 6 fully saturated rings. The fourth-order valence-electron chi connectivity index (χ4n) is 10.5. The standard InChI is InChI=1S/C27H38N2O2/c1-13-27-24-17(11-29(13)3)15-7-4-8-18-21(15)25-23-16(10-28(2)12-20(23)30-18)14-6-5-9-19(31-27)22(14)26(24)25/h11,13-16,18-23,25-26H,4-10,12H2,1-3H3. The van der Waals surface area contributed by atoms with Crippen LogP contribution in [-0.2, 0) is 9.47 Å². The van der Waals surface area contributed by atoms with Gasteiger partial charge in [-0.1, -0.05) is 6.42 Å². The smallest absolute Gasteiger partial charge is 0.122 e. The van der Waals surface area contributed by atoms with Crippen LogP contribution in [0.5, 0.6) is 0 Å². The molecule has 4 heteroatoms. The van der Waals surface area contributed by atoms with Crippen molar-refractivity contribution in [2.24, 2.45) is 47.3 Å². The van der Waals surface area contributed by atoms with Crippen LogP contribution in [0.25, 0.3) is 0 Å². The summed E-state index contributed by atoms with van der Waals surface area (Å²) in [5.74, 6) is 7.62. The van der Waals surface area contributed by atoms with Crippen molar-refractivity contribution in [3.05, 3.63) is 23.1 Å². The van der Waals surface area contributed by atoms with Crippen LogP contribution in [-0.4, -0.2) is 61.3 Å². The van der Waals surface area contributed by atoms with E-state index < -0.39 is 0 Å². The minimum atomic E-state index is 0.391. The molecule has 4 saturated carbocycles. The SMILES string of the molecule is CC1C2=C3C(=CN1C)C1CCCC4OC5CN(C)CC6C7CCCC(O2)C7C3C(C41)C56. The summed E-state index contributed by atoms with van der Waals surface area (Å²) in [5.41, 5.74) is 3.38. The number of allylic oxidation sites excluding steroid dienone is 2. The summed E-state index contributed by atoms with van der Waals surface area (Å²) in [4.78, 5) is 5.06. The van der Waals surface area contributed by atoms with Crippen LogP contribution >= 0.6 is 0 Å². The van der Waals surface area contributed by atoms with E-state index in [1.807, 2.05) is 0 Å². The van der Waals surface area contributed by atoms with Crippen molar-refractivity contribution in [3.63, 3.8) is 0 Å². The zero-order valence-corrected chi connectivity index (χ0v) is 19.4. The van der Waals surface area contributed by atoms with Crippen molar-refractivity contribution in [2.75, 3.05) is 27.2 Å². The van der Waals surface area contributed by atoms with Gasteiger partial charge in [0.2, 0.25) is 0 Å². The summed E-state index contributed by atoms with van der Waals surface area (Å²) in [6.45, 7) is 4.82. The van der Waals surface area contributed by atoms with Gasteiger partial charge in [-0.3, -0.25) is 0 Å². The average Bonchev–Trinajstić information content (AvgIpc) is 2.77. The van der Waals surface area contributed by atoms with Crippen molar-refractivity contribution in [2.45, 2.75) is 69.8 Å². The van der Waals surface area contributed by atoms with Crippen molar-refractivity contribution < 1.29 is 9.47 Å². The Labute approximate surface area is 187 Å². The molecule has 31 heavy (non-hydrogen) atoms. The van der Waals surface area contributed by atoms with E-state index >= 15 is 0 Å². The highest BCUT2D eigenvalue weighted by Gasteiger charge is 2.68. The van der Waals surface area contributed by atoms with E-state index in [4.69, 9.17) is 9.47 Å². The van der Waals surface area contributed by atoms with Crippen LogP contribution in [0.4, 0.5) is 0 Å². The molecule has 8 aliphatic rings. The molecule has 0 spiro atoms. The largest absolute Gasteiger partial charge is 0.492 e. The van der Waals surface area contributed by atoms with Crippen LogP contribution in [0.2, 0.25) is 0 Å². The number of ether oxygens (including phenoxy) is 2. The maximum atomic E-state index is 7.07. The van der Waals surface area contributed by atoms with E-state index in [1.54, 1.807) is 11.1 Å². The first-order valence-electron chi connectivity index (χ1n) is 13.3. The molecule has 0 aromatic rings. The Kier molecular flexibility index (Phi) is 3.63. The second-order valence-corrected chi connectivity index (χ2v) is 12.4. The predicted octanol–water partition coefficient (Wildman–Crippen LogP) is 3.89. The molecule has 4 aliphatic heterocycles. The van der Waals surface area contributed by atoms with Gasteiger partial charge in [0.05, 0.1) is 18.2 Å². The molecule has 0 bridgehead atoms. The molecule has 8 rings (SSSR count). The fraction of sp³-hybridized carbons (Fsp3) is 0.852. The number of likely N-dealkylation sites (N-methyl/N-ethyl adjacent to an activating group) is 2. The summed E-state index contributed by atoms with van der Waals surface area (Å²) < 4.78 is 14.1. The minimum absolute atomic E-state index is 0.391. The summed E-state index contributed by atoms with van der Waals surface area (Å²) in [6, 6.07) is 0.391. The molecular weight excluding hydrogens is 384 g/mol. The molecule has 12 atom stereocenters. The first-order chi connectivity index (χ1) is 15.1. The van der Waals surface area contributed by atoms with E-state index in [0.29, 0.717) is 30.3 Å². The number of nitrogens with zero attached hydrogens (tertiary/aromatic N) is 2. The number of piperidine rings is 1. The molecule has 0 radical (unpaired) electrons. The van der Waals surface area contributed by atoms with Crippen LogP contribution < -0.4 is 0 Å². The summed E-state index contributed by atoms with van der Waals surface area (Å²) in [7, 11) is 4.62. The highest BCUT2D eigenvalue weighted by Crippen LogP contribution is 2.69. The van der Waals surface area contributed by atoms with Crippen LogP contribution in [0.15, 0.2) is 23.1 Å². The topological polar surface area (TPSA) is 24.9 Å². The molecule has 0 N–H and O–H groups in total. The fourth-order valence-corrected chi connectivity index (χ4v) is 10.5. The second-order valence-electron chi connectivity index (χ2n) is 12.4. The molecule has 168 valence electrons. The highest BCUT2D eigenvalue weighted by molar-refractivity contribution is 5.48. The van der Waals surface area contributed by atoms with Crippen molar-refractivity contribution in [3.8, 4) is 0 Å². The predicted molar refractivity (Wildman–Crippen MR) is 119 cm³/mol. The molecule has 12 unspecified atom stereocenters. The highest BCUT2D eigenvalue weighted by atomic mass is 16.5. The lowest BCUT2D eigenvalue weighted by molar-refractivity contribution is -0.262. The van der Waals surface area contributed by atoms with E-state index in [1.165, 1.54) is 50.8 Å². The summed E-state index contributed by atoms with van der Waals surface area (Å²) in [5, 5.41) is 0. The second kappa shape index (κ2) is 6.11. The molecule has 0 amide bonds. The number of hydrogen-bond acceptors (Lipinski definition) is 4. The lowest BCUT2D eigenvalue weighted by Gasteiger charge is -2.70. The van der Waals surface area contributed by atoms with Gasteiger partial charge in [-0.2, -0.15) is 0 Å². The maximum absolute atomic E-state index is 7.07. The number of rotatable bonds is 0. The third-order valence-corrected chi connectivity index (χ3v) is 11.3. The van der Waals surface area contributed by atoms with Gasteiger partial charge in [-0.15, -0.1) is 0 Å². The van der Waals surface area contributed by atoms with Crippen molar-refractivity contribution in [1.29, 1.82) is 0 Å². The van der Waals surface area contributed by atoms with E-state index in [-0.39, 0.29) is 0 Å². The Bertz CT molecular complexity index is 880. The molecular formula is C27H38N2O2. The maximum Gasteiger partial charge on any atom is 0.122 e. The van der Waals surface area contributed by atoms with Crippen molar-refractivity contribution in [1.82, 2.24) is 9.80 Å². The number of fused-ring (bicyclic) bond motifs is 2. The Balaban J connectivity index is 1.37. The monoisotopic (exact) mass is 422 g/mol. The van der Waals surface area contributed by atoms with Gasteiger partial charge in [0.15, 0.2) is 0 Å². The van der Waals surface area contributed by atoms with Crippen molar-refractivity contribution >= 4 is 0 Å².